The Morgan fingerprint density at radius 2 is 1.94 bits per heavy atom. The maximum absolute atomic E-state index is 9.60. The highest BCUT2D eigenvalue weighted by atomic mass is 16.3. The van der Waals surface area contributed by atoms with Crippen LogP contribution in [0.2, 0.25) is 0 Å². The van der Waals surface area contributed by atoms with Gasteiger partial charge in [-0.3, -0.25) is 0 Å². The Labute approximate surface area is 101 Å². The van der Waals surface area contributed by atoms with Crippen molar-refractivity contribution in [3.05, 3.63) is 29.3 Å². The Kier molecular flexibility index (Phi) is 5.41. The highest BCUT2D eigenvalue weighted by Crippen LogP contribution is 2.19. The lowest BCUT2D eigenvalue weighted by atomic mass is 10.0. The van der Waals surface area contributed by atoms with Crippen LogP contribution in [0.25, 0.3) is 0 Å². The van der Waals surface area contributed by atoms with Crippen molar-refractivity contribution >= 4 is 0 Å². The quantitative estimate of drug-likeness (QED) is 0.597. The summed E-state index contributed by atoms with van der Waals surface area (Å²) >= 11 is 0. The maximum Gasteiger partial charge on any atom is 0.121 e. The number of phenols is 1. The fourth-order valence-electron chi connectivity index (χ4n) is 1.77. The molecule has 0 amide bonds. The molecule has 0 heterocycles. The van der Waals surface area contributed by atoms with Crippen molar-refractivity contribution in [1.29, 1.82) is 0 Å². The summed E-state index contributed by atoms with van der Waals surface area (Å²) in [5.74, 6) is 0.0841. The van der Waals surface area contributed by atoms with Gasteiger partial charge in [0.15, 0.2) is 0 Å². The van der Waals surface area contributed by atoms with Crippen molar-refractivity contribution < 1.29 is 20.4 Å². The van der Waals surface area contributed by atoms with Crippen LogP contribution in [-0.2, 0) is 13.0 Å². The molecule has 1 rings (SSSR count). The first-order valence-corrected chi connectivity index (χ1v) is 5.80. The van der Waals surface area contributed by atoms with E-state index in [-0.39, 0.29) is 12.4 Å². The van der Waals surface area contributed by atoms with Crippen LogP contribution in [0, 0.1) is 0 Å². The van der Waals surface area contributed by atoms with Gasteiger partial charge in [-0.15, -0.1) is 0 Å². The van der Waals surface area contributed by atoms with Gasteiger partial charge < -0.3 is 20.4 Å². The zero-order valence-corrected chi connectivity index (χ0v) is 10.0. The van der Waals surface area contributed by atoms with E-state index in [4.69, 9.17) is 10.2 Å². The van der Waals surface area contributed by atoms with Crippen molar-refractivity contribution in [1.82, 2.24) is 0 Å². The van der Waals surface area contributed by atoms with Crippen molar-refractivity contribution in [2.75, 3.05) is 0 Å². The minimum Gasteiger partial charge on any atom is -0.508 e. The van der Waals surface area contributed by atoms with Crippen LogP contribution in [0.5, 0.6) is 5.75 Å². The largest absolute Gasteiger partial charge is 0.508 e. The van der Waals surface area contributed by atoms with Gasteiger partial charge in [0, 0.05) is 5.56 Å². The Morgan fingerprint density at radius 3 is 2.53 bits per heavy atom. The molecule has 0 radical (unpaired) electrons. The molecule has 4 N–H and O–H groups in total. The zero-order chi connectivity index (χ0) is 12.8. The van der Waals surface area contributed by atoms with Crippen LogP contribution >= 0.6 is 0 Å². The molecule has 2 atom stereocenters. The molecule has 1 aromatic carbocycles. The van der Waals surface area contributed by atoms with Gasteiger partial charge in [0.25, 0.3) is 0 Å². The number of aromatic hydroxyl groups is 1. The van der Waals surface area contributed by atoms with E-state index in [9.17, 15) is 10.2 Å². The topological polar surface area (TPSA) is 80.9 Å². The van der Waals surface area contributed by atoms with Gasteiger partial charge in [0.05, 0.1) is 18.8 Å². The average molecular weight is 240 g/mol. The van der Waals surface area contributed by atoms with Crippen LogP contribution in [0.1, 0.15) is 30.9 Å². The first-order valence-electron chi connectivity index (χ1n) is 5.80. The predicted octanol–water partition coefficient (Wildman–Crippen LogP) is 0.949. The number of benzene rings is 1. The molecule has 96 valence electrons. The summed E-state index contributed by atoms with van der Waals surface area (Å²) in [5, 5.41) is 37.1. The zero-order valence-electron chi connectivity index (χ0n) is 10.0. The fraction of sp³-hybridized carbons (Fsp3) is 0.538. The highest BCUT2D eigenvalue weighted by molar-refractivity contribution is 5.35. The average Bonchev–Trinajstić information content (AvgIpc) is 2.27. The lowest BCUT2D eigenvalue weighted by molar-refractivity contribution is 0.0854. The van der Waals surface area contributed by atoms with E-state index in [1.807, 2.05) is 0 Å². The second kappa shape index (κ2) is 6.59. The van der Waals surface area contributed by atoms with Crippen molar-refractivity contribution in [2.45, 2.75) is 45.0 Å². The number of rotatable bonds is 6. The minimum atomic E-state index is -0.527. The first-order chi connectivity index (χ1) is 8.02. The van der Waals surface area contributed by atoms with Gasteiger partial charge in [0.2, 0.25) is 0 Å². The molecule has 0 aliphatic rings. The van der Waals surface area contributed by atoms with Crippen LogP contribution in [-0.4, -0.2) is 32.6 Å². The first kappa shape index (κ1) is 14.0. The van der Waals surface area contributed by atoms with Crippen LogP contribution < -0.4 is 0 Å². The molecule has 0 unspecified atom stereocenters. The van der Waals surface area contributed by atoms with E-state index < -0.39 is 12.2 Å². The standard InChI is InChI=1S/C13H20O4/c1-9(15)6-12(16)4-2-10-3-5-13(17)11(7-10)8-14/h3,5,7,9,12,14-17H,2,4,6,8H2,1H3/t9-,12+/m0/s1. The van der Waals surface area contributed by atoms with Gasteiger partial charge in [-0.25, -0.2) is 0 Å². The Balaban J connectivity index is 2.52. The molecule has 0 aliphatic carbocycles. The molecule has 1 aromatic rings. The van der Waals surface area contributed by atoms with E-state index in [1.54, 1.807) is 25.1 Å². The monoisotopic (exact) mass is 240 g/mol. The molecular formula is C13H20O4. The number of hydrogen-bond donors (Lipinski definition) is 4. The molecule has 0 bridgehead atoms. The third-order valence-electron chi connectivity index (χ3n) is 2.69. The molecule has 0 spiro atoms. The molecule has 0 saturated carbocycles. The summed E-state index contributed by atoms with van der Waals surface area (Å²) in [5.41, 5.74) is 1.45. The smallest absolute Gasteiger partial charge is 0.121 e. The molecular weight excluding hydrogens is 220 g/mol. The summed E-state index contributed by atoms with van der Waals surface area (Å²) in [7, 11) is 0. The second-order valence-corrected chi connectivity index (χ2v) is 4.40. The van der Waals surface area contributed by atoms with Gasteiger partial charge in [0.1, 0.15) is 5.75 Å². The van der Waals surface area contributed by atoms with Crippen molar-refractivity contribution in [2.24, 2.45) is 0 Å². The SMILES string of the molecule is C[C@H](O)C[C@H](O)CCc1ccc(O)c(CO)c1. The highest BCUT2D eigenvalue weighted by Gasteiger charge is 2.09. The Hall–Kier alpha value is -1.10. The van der Waals surface area contributed by atoms with E-state index in [0.29, 0.717) is 24.8 Å². The molecule has 0 saturated heterocycles. The van der Waals surface area contributed by atoms with E-state index in [2.05, 4.69) is 0 Å². The second-order valence-electron chi connectivity index (χ2n) is 4.40. The van der Waals surface area contributed by atoms with Crippen molar-refractivity contribution in [3.8, 4) is 5.75 Å². The fourth-order valence-corrected chi connectivity index (χ4v) is 1.77. The van der Waals surface area contributed by atoms with Crippen LogP contribution in [0.4, 0.5) is 0 Å². The molecule has 4 nitrogen and oxygen atoms in total. The molecule has 0 aromatic heterocycles. The Morgan fingerprint density at radius 1 is 1.24 bits per heavy atom. The van der Waals surface area contributed by atoms with E-state index in [1.165, 1.54) is 0 Å². The maximum atomic E-state index is 9.60. The summed E-state index contributed by atoms with van der Waals surface area (Å²) < 4.78 is 0. The third-order valence-corrected chi connectivity index (χ3v) is 2.69. The van der Waals surface area contributed by atoms with Gasteiger partial charge in [-0.2, -0.15) is 0 Å². The lowest BCUT2D eigenvalue weighted by Crippen LogP contribution is -2.15. The van der Waals surface area contributed by atoms with Gasteiger partial charge in [-0.05, 0) is 43.9 Å². The minimum absolute atomic E-state index is 0.0841. The number of hydrogen-bond acceptors (Lipinski definition) is 4. The summed E-state index contributed by atoms with van der Waals surface area (Å²) in [6.45, 7) is 1.45. The number of aryl methyl sites for hydroxylation is 1. The predicted molar refractivity (Wildman–Crippen MR) is 64.7 cm³/mol. The summed E-state index contributed by atoms with van der Waals surface area (Å²) in [4.78, 5) is 0. The van der Waals surface area contributed by atoms with E-state index in [0.717, 1.165) is 5.56 Å². The van der Waals surface area contributed by atoms with Crippen LogP contribution in [0.15, 0.2) is 18.2 Å². The number of aliphatic hydroxyl groups excluding tert-OH is 3. The Bertz CT molecular complexity index is 349. The van der Waals surface area contributed by atoms with Crippen LogP contribution in [0.3, 0.4) is 0 Å². The van der Waals surface area contributed by atoms with Crippen molar-refractivity contribution in [3.63, 3.8) is 0 Å². The van der Waals surface area contributed by atoms with Gasteiger partial charge in [-0.1, -0.05) is 6.07 Å². The summed E-state index contributed by atoms with van der Waals surface area (Å²) in [6.07, 6.45) is 0.548. The summed E-state index contributed by atoms with van der Waals surface area (Å²) in [6, 6.07) is 5.04. The normalized spacial score (nSPS) is 14.6. The van der Waals surface area contributed by atoms with E-state index >= 15 is 0 Å². The molecule has 0 aliphatic heterocycles. The molecule has 0 fully saturated rings. The molecule has 17 heavy (non-hydrogen) atoms. The third kappa shape index (κ3) is 4.73. The van der Waals surface area contributed by atoms with Gasteiger partial charge >= 0.3 is 0 Å². The number of aliphatic hydroxyl groups is 3. The lowest BCUT2D eigenvalue weighted by Gasteiger charge is -2.12. The molecule has 4 heteroatoms.